The fourth-order valence-electron chi connectivity index (χ4n) is 2.75. The molecule has 0 radical (unpaired) electrons. The molecule has 0 saturated carbocycles. The maximum atomic E-state index is 12.4. The maximum Gasteiger partial charge on any atom is 0.248 e. The van der Waals surface area contributed by atoms with Crippen LogP contribution in [0.2, 0.25) is 5.02 Å². The van der Waals surface area contributed by atoms with Gasteiger partial charge in [-0.2, -0.15) is 0 Å². The van der Waals surface area contributed by atoms with Crippen LogP contribution in [0.5, 0.6) is 11.5 Å². The molecule has 0 aromatic heterocycles. The second kappa shape index (κ2) is 8.06. The first-order valence-corrected chi connectivity index (χ1v) is 10.5. The fourth-order valence-corrected chi connectivity index (χ4v) is 4.03. The highest BCUT2D eigenvalue weighted by Gasteiger charge is 2.20. The van der Waals surface area contributed by atoms with Gasteiger partial charge in [0.2, 0.25) is 22.7 Å². The number of fused-ring (bicyclic) bond motifs is 1. The van der Waals surface area contributed by atoms with E-state index >= 15 is 0 Å². The Hall–Kier alpha value is -2.55. The summed E-state index contributed by atoms with van der Waals surface area (Å²) in [6.45, 7) is 3.72. The van der Waals surface area contributed by atoms with Crippen molar-refractivity contribution in [2.75, 3.05) is 26.2 Å². The van der Waals surface area contributed by atoms with E-state index in [1.54, 1.807) is 31.2 Å². The molecule has 29 heavy (non-hydrogen) atoms. The Labute approximate surface area is 174 Å². The van der Waals surface area contributed by atoms with Crippen LogP contribution in [-0.4, -0.2) is 39.5 Å². The molecule has 0 fully saturated rings. The average molecular weight is 437 g/mol. The van der Waals surface area contributed by atoms with E-state index in [-0.39, 0.29) is 11.7 Å². The molecular weight excluding hydrogens is 416 g/mol. The van der Waals surface area contributed by atoms with E-state index in [0.29, 0.717) is 27.8 Å². The molecule has 0 atom stereocenters. The van der Waals surface area contributed by atoms with Gasteiger partial charge in [0, 0.05) is 25.9 Å². The van der Waals surface area contributed by atoms with Gasteiger partial charge in [-0.25, -0.2) is 12.7 Å². The van der Waals surface area contributed by atoms with Crippen molar-refractivity contribution in [2.24, 2.45) is 0 Å². The van der Waals surface area contributed by atoms with Crippen molar-refractivity contribution in [3.05, 3.63) is 52.1 Å². The van der Waals surface area contributed by atoms with E-state index in [1.807, 2.05) is 6.92 Å². The van der Waals surface area contributed by atoms with E-state index in [9.17, 15) is 13.2 Å². The summed E-state index contributed by atoms with van der Waals surface area (Å²) in [6.07, 6.45) is 2.93. The minimum absolute atomic E-state index is 0.105. The van der Waals surface area contributed by atoms with Crippen molar-refractivity contribution in [1.82, 2.24) is 4.31 Å². The van der Waals surface area contributed by atoms with Gasteiger partial charge in [0.1, 0.15) is 0 Å². The highest BCUT2D eigenvalue weighted by atomic mass is 35.5. The number of halogens is 1. The molecule has 1 heterocycles. The summed E-state index contributed by atoms with van der Waals surface area (Å²) in [5.74, 6) is 0.601. The third-order valence-corrected chi connectivity index (χ3v) is 6.63. The Morgan fingerprint density at radius 2 is 1.90 bits per heavy atom. The number of aryl methyl sites for hydroxylation is 1. The van der Waals surface area contributed by atoms with E-state index in [0.717, 1.165) is 15.4 Å². The Morgan fingerprint density at radius 1 is 1.17 bits per heavy atom. The van der Waals surface area contributed by atoms with E-state index in [1.165, 1.54) is 26.2 Å². The number of sulfonamides is 1. The number of anilines is 1. The SMILES string of the molecule is Cc1cc(S(=O)(=O)N(C)C)cc(NC(=O)/C=C/c2cc(Cl)c3c(c2)OCO3)c1C. The van der Waals surface area contributed by atoms with Crippen LogP contribution in [0.3, 0.4) is 0 Å². The number of ether oxygens (including phenoxy) is 2. The highest BCUT2D eigenvalue weighted by molar-refractivity contribution is 7.89. The molecule has 1 N–H and O–H groups in total. The molecule has 0 spiro atoms. The molecule has 0 unspecified atom stereocenters. The topological polar surface area (TPSA) is 84.9 Å². The Bertz CT molecular complexity index is 1110. The first-order valence-electron chi connectivity index (χ1n) is 8.71. The van der Waals surface area contributed by atoms with Gasteiger partial charge in [-0.05, 0) is 60.9 Å². The minimum atomic E-state index is -3.62. The van der Waals surface area contributed by atoms with Gasteiger partial charge in [0.25, 0.3) is 0 Å². The molecule has 0 aliphatic carbocycles. The van der Waals surface area contributed by atoms with Crippen molar-refractivity contribution < 1.29 is 22.7 Å². The van der Waals surface area contributed by atoms with Gasteiger partial charge in [0.05, 0.1) is 9.92 Å². The van der Waals surface area contributed by atoms with Gasteiger partial charge >= 0.3 is 0 Å². The first kappa shape index (κ1) is 21.2. The Kier molecular flexibility index (Phi) is 5.88. The number of nitrogens with one attached hydrogen (secondary N) is 1. The standard InChI is InChI=1S/C20H21ClN2O5S/c1-12-7-15(29(25,26)23(3)4)10-17(13(12)2)22-19(24)6-5-14-8-16(21)20-18(9-14)27-11-28-20/h5-10H,11H2,1-4H3,(H,22,24)/b6-5+. The summed E-state index contributed by atoms with van der Waals surface area (Å²) in [5, 5.41) is 3.14. The molecule has 154 valence electrons. The van der Waals surface area contributed by atoms with Crippen LogP contribution in [0.1, 0.15) is 16.7 Å². The number of amides is 1. The minimum Gasteiger partial charge on any atom is -0.454 e. The van der Waals surface area contributed by atoms with Gasteiger partial charge in [0.15, 0.2) is 11.5 Å². The molecule has 2 aromatic carbocycles. The zero-order valence-electron chi connectivity index (χ0n) is 16.4. The first-order chi connectivity index (χ1) is 13.6. The number of carbonyl (C=O) groups is 1. The summed E-state index contributed by atoms with van der Waals surface area (Å²) in [5.41, 5.74) is 2.65. The molecule has 3 rings (SSSR count). The van der Waals surface area contributed by atoms with Crippen LogP contribution < -0.4 is 14.8 Å². The molecule has 1 aliphatic heterocycles. The predicted octanol–water partition coefficient (Wildman–Crippen LogP) is 3.59. The van der Waals surface area contributed by atoms with Crippen molar-refractivity contribution in [2.45, 2.75) is 18.7 Å². The van der Waals surface area contributed by atoms with Crippen molar-refractivity contribution in [3.63, 3.8) is 0 Å². The third-order valence-electron chi connectivity index (χ3n) is 4.55. The normalized spacial score (nSPS) is 13.3. The van der Waals surface area contributed by atoms with Gasteiger partial charge in [-0.1, -0.05) is 11.6 Å². The average Bonchev–Trinajstić information content (AvgIpc) is 3.12. The third kappa shape index (κ3) is 4.39. The molecular formula is C20H21ClN2O5S. The lowest BCUT2D eigenvalue weighted by atomic mass is 10.1. The fraction of sp³-hybridized carbons (Fsp3) is 0.250. The highest BCUT2D eigenvalue weighted by Crippen LogP contribution is 2.40. The van der Waals surface area contributed by atoms with Crippen molar-refractivity contribution in [3.8, 4) is 11.5 Å². The number of carbonyl (C=O) groups excluding carboxylic acids is 1. The molecule has 7 nitrogen and oxygen atoms in total. The second-order valence-corrected chi connectivity index (χ2v) is 9.32. The largest absolute Gasteiger partial charge is 0.454 e. The number of hydrogen-bond acceptors (Lipinski definition) is 5. The van der Waals surface area contributed by atoms with Crippen molar-refractivity contribution >= 4 is 39.3 Å². The van der Waals surface area contributed by atoms with Crippen LogP contribution >= 0.6 is 11.6 Å². The summed E-state index contributed by atoms with van der Waals surface area (Å²) in [7, 11) is -0.696. The zero-order valence-corrected chi connectivity index (χ0v) is 18.0. The summed E-state index contributed by atoms with van der Waals surface area (Å²) in [4.78, 5) is 12.5. The van der Waals surface area contributed by atoms with Gasteiger partial charge in [-0.3, -0.25) is 4.79 Å². The number of rotatable bonds is 5. The summed E-state index contributed by atoms with van der Waals surface area (Å²) in [6, 6.07) is 6.43. The van der Waals surface area contributed by atoms with E-state index in [4.69, 9.17) is 21.1 Å². The molecule has 0 bridgehead atoms. The van der Waals surface area contributed by atoms with E-state index in [2.05, 4.69) is 5.32 Å². The molecule has 1 amide bonds. The number of nitrogens with zero attached hydrogens (tertiary/aromatic N) is 1. The zero-order chi connectivity index (χ0) is 21.3. The lowest BCUT2D eigenvalue weighted by molar-refractivity contribution is -0.111. The van der Waals surface area contributed by atoms with Crippen molar-refractivity contribution in [1.29, 1.82) is 0 Å². The van der Waals surface area contributed by atoms with Gasteiger partial charge < -0.3 is 14.8 Å². The Morgan fingerprint density at radius 3 is 2.59 bits per heavy atom. The lowest BCUT2D eigenvalue weighted by Crippen LogP contribution is -2.22. The van der Waals surface area contributed by atoms with Gasteiger partial charge in [-0.15, -0.1) is 0 Å². The van der Waals surface area contributed by atoms with Crippen LogP contribution in [0.15, 0.2) is 35.2 Å². The second-order valence-electron chi connectivity index (χ2n) is 6.76. The molecule has 0 saturated heterocycles. The van der Waals surface area contributed by atoms with E-state index < -0.39 is 15.9 Å². The summed E-state index contributed by atoms with van der Waals surface area (Å²) >= 11 is 6.14. The Balaban J connectivity index is 1.83. The van der Waals surface area contributed by atoms with Crippen LogP contribution in [0.4, 0.5) is 5.69 Å². The van der Waals surface area contributed by atoms with Crippen LogP contribution in [0, 0.1) is 13.8 Å². The lowest BCUT2D eigenvalue weighted by Gasteiger charge is -2.16. The van der Waals surface area contributed by atoms with Crippen LogP contribution in [0.25, 0.3) is 6.08 Å². The summed E-state index contributed by atoms with van der Waals surface area (Å²) < 4.78 is 36.6. The van der Waals surface area contributed by atoms with Crippen LogP contribution in [-0.2, 0) is 14.8 Å². The smallest absolute Gasteiger partial charge is 0.248 e. The molecule has 1 aliphatic rings. The quantitative estimate of drug-likeness (QED) is 0.724. The molecule has 2 aromatic rings. The number of benzene rings is 2. The maximum absolute atomic E-state index is 12.4. The predicted molar refractivity (Wildman–Crippen MR) is 112 cm³/mol. The molecule has 9 heteroatoms. The monoisotopic (exact) mass is 436 g/mol. The number of hydrogen-bond donors (Lipinski definition) is 1.